The maximum absolute atomic E-state index is 12.1. The maximum atomic E-state index is 12.1. The Morgan fingerprint density at radius 3 is 2.10 bits per heavy atom. The lowest BCUT2D eigenvalue weighted by Crippen LogP contribution is -2.29. The van der Waals surface area contributed by atoms with Crippen molar-refractivity contribution in [3.63, 3.8) is 0 Å². The molecule has 0 radical (unpaired) electrons. The summed E-state index contributed by atoms with van der Waals surface area (Å²) in [7, 11) is 0. The average Bonchev–Trinajstić information content (AvgIpc) is 2.94. The minimum atomic E-state index is -1.11. The molecule has 3 aromatic carbocycles. The van der Waals surface area contributed by atoms with E-state index in [0.717, 1.165) is 33.4 Å². The van der Waals surface area contributed by atoms with Crippen molar-refractivity contribution in [3.8, 4) is 11.1 Å². The summed E-state index contributed by atoms with van der Waals surface area (Å²) in [6, 6.07) is 21.8. The van der Waals surface area contributed by atoms with Crippen LogP contribution >= 0.6 is 11.6 Å². The van der Waals surface area contributed by atoms with E-state index in [-0.39, 0.29) is 11.5 Å². The highest BCUT2D eigenvalue weighted by molar-refractivity contribution is 6.30. The Morgan fingerprint density at radius 1 is 0.925 bits per heavy atom. The number of aromatic amines is 1. The number of benzene rings is 3. The monoisotopic (exact) mass is 557 g/mol. The first kappa shape index (κ1) is 28.3. The fraction of sp³-hybridized carbons (Fsp3) is 0.161. The number of hydrogen-bond donors (Lipinski definition) is 4. The number of oxime groups is 1. The smallest absolute Gasteiger partial charge is 0.322 e. The van der Waals surface area contributed by atoms with E-state index in [1.54, 1.807) is 43.5 Å². The van der Waals surface area contributed by atoms with Crippen molar-refractivity contribution in [2.24, 2.45) is 5.16 Å². The van der Waals surface area contributed by atoms with Gasteiger partial charge in [0.15, 0.2) is 0 Å². The third-order valence-corrected chi connectivity index (χ3v) is 6.93. The number of halogens is 1. The summed E-state index contributed by atoms with van der Waals surface area (Å²) < 4.78 is 0. The van der Waals surface area contributed by atoms with Gasteiger partial charge in [-0.2, -0.15) is 0 Å². The molecule has 1 atom stereocenters. The second-order valence-electron chi connectivity index (χ2n) is 9.49. The van der Waals surface area contributed by atoms with Crippen LogP contribution in [0.3, 0.4) is 0 Å². The summed E-state index contributed by atoms with van der Waals surface area (Å²) in [4.78, 5) is 37.5. The number of carbonyl (C=O) groups is 2. The fourth-order valence-corrected chi connectivity index (χ4v) is 4.86. The summed E-state index contributed by atoms with van der Waals surface area (Å²) in [5.41, 5.74) is 6.52. The Hall–Kier alpha value is -4.69. The van der Waals surface area contributed by atoms with Gasteiger partial charge >= 0.3 is 5.97 Å². The number of carbonyl (C=O) groups excluding carboxylic acids is 1. The van der Waals surface area contributed by atoms with Crippen LogP contribution in [0.5, 0.6) is 0 Å². The van der Waals surface area contributed by atoms with Crippen molar-refractivity contribution in [3.05, 3.63) is 128 Å². The first-order valence-corrected chi connectivity index (χ1v) is 12.9. The van der Waals surface area contributed by atoms with Crippen LogP contribution in [0.1, 0.15) is 44.1 Å². The summed E-state index contributed by atoms with van der Waals surface area (Å²) in [5.74, 6) is -1.91. The van der Waals surface area contributed by atoms with E-state index in [0.29, 0.717) is 28.3 Å². The number of carboxylic acids is 1. The molecule has 9 heteroatoms. The lowest BCUT2D eigenvalue weighted by molar-refractivity contribution is -0.135. The minimum absolute atomic E-state index is 0.150. The van der Waals surface area contributed by atoms with Gasteiger partial charge < -0.3 is 20.6 Å². The molecule has 40 heavy (non-hydrogen) atoms. The predicted molar refractivity (Wildman–Crippen MR) is 155 cm³/mol. The number of H-pyrrole nitrogens is 1. The molecular weight excluding hydrogens is 530 g/mol. The summed E-state index contributed by atoms with van der Waals surface area (Å²) >= 11 is 6.22. The first-order valence-electron chi connectivity index (χ1n) is 12.5. The number of pyridine rings is 1. The summed E-state index contributed by atoms with van der Waals surface area (Å²) in [6.07, 6.45) is 2.16. The zero-order chi connectivity index (χ0) is 28.8. The number of aliphatic carboxylic acids is 1. The fourth-order valence-electron chi connectivity index (χ4n) is 4.63. The predicted octanol–water partition coefficient (Wildman–Crippen LogP) is 5.33. The molecule has 0 spiro atoms. The van der Waals surface area contributed by atoms with Crippen LogP contribution in [0.2, 0.25) is 5.02 Å². The summed E-state index contributed by atoms with van der Waals surface area (Å²) in [6.45, 7) is 3.25. The van der Waals surface area contributed by atoms with Crippen molar-refractivity contribution in [2.75, 3.05) is 6.54 Å². The Kier molecular flexibility index (Phi) is 8.81. The molecule has 1 amide bonds. The van der Waals surface area contributed by atoms with E-state index in [2.05, 4.69) is 15.5 Å². The van der Waals surface area contributed by atoms with Crippen LogP contribution in [-0.2, 0) is 11.2 Å². The lowest BCUT2D eigenvalue weighted by Gasteiger charge is -2.22. The van der Waals surface area contributed by atoms with Gasteiger partial charge in [-0.3, -0.25) is 14.4 Å². The number of carboxylic acid groups (broad SMARTS) is 1. The van der Waals surface area contributed by atoms with Gasteiger partial charge in [0.2, 0.25) is 0 Å². The molecule has 4 N–H and O–H groups in total. The normalized spacial score (nSPS) is 12.1. The first-order chi connectivity index (χ1) is 19.2. The highest BCUT2D eigenvalue weighted by Gasteiger charge is 2.24. The van der Waals surface area contributed by atoms with Gasteiger partial charge in [-0.1, -0.05) is 59.2 Å². The number of aryl methyl sites for hydroxylation is 2. The number of amides is 1. The van der Waals surface area contributed by atoms with Gasteiger partial charge in [-0.05, 0) is 84.0 Å². The van der Waals surface area contributed by atoms with Gasteiger partial charge in [0, 0.05) is 28.3 Å². The second-order valence-corrected chi connectivity index (χ2v) is 9.93. The topological polar surface area (TPSA) is 132 Å². The van der Waals surface area contributed by atoms with Crippen LogP contribution in [0.15, 0.2) is 88.9 Å². The molecule has 204 valence electrons. The zero-order valence-corrected chi connectivity index (χ0v) is 22.7. The van der Waals surface area contributed by atoms with E-state index < -0.39 is 18.4 Å². The number of aromatic nitrogens is 1. The van der Waals surface area contributed by atoms with Crippen molar-refractivity contribution in [1.82, 2.24) is 10.3 Å². The van der Waals surface area contributed by atoms with Crippen molar-refractivity contribution in [1.29, 1.82) is 0 Å². The largest absolute Gasteiger partial charge is 0.480 e. The van der Waals surface area contributed by atoms with E-state index in [4.69, 9.17) is 16.7 Å². The van der Waals surface area contributed by atoms with Gasteiger partial charge in [-0.15, -0.1) is 0 Å². The maximum Gasteiger partial charge on any atom is 0.322 e. The summed E-state index contributed by atoms with van der Waals surface area (Å²) in [5, 5.41) is 25.6. The molecule has 0 saturated carbocycles. The van der Waals surface area contributed by atoms with E-state index in [9.17, 15) is 19.6 Å². The van der Waals surface area contributed by atoms with Gasteiger partial charge in [-0.25, -0.2) is 0 Å². The lowest BCUT2D eigenvalue weighted by atomic mass is 9.83. The van der Waals surface area contributed by atoms with Crippen LogP contribution in [0.25, 0.3) is 11.1 Å². The molecule has 0 bridgehead atoms. The van der Waals surface area contributed by atoms with E-state index in [1.165, 1.54) is 0 Å². The molecular formula is C31H28ClN3O5. The van der Waals surface area contributed by atoms with E-state index in [1.807, 2.05) is 49.4 Å². The highest BCUT2D eigenvalue weighted by atomic mass is 35.5. The second kappa shape index (κ2) is 12.4. The molecule has 0 aliphatic heterocycles. The van der Waals surface area contributed by atoms with Crippen LogP contribution < -0.4 is 10.9 Å². The van der Waals surface area contributed by atoms with Crippen LogP contribution in [0.4, 0.5) is 0 Å². The zero-order valence-electron chi connectivity index (χ0n) is 21.9. The van der Waals surface area contributed by atoms with Crippen molar-refractivity contribution < 1.29 is 19.9 Å². The highest BCUT2D eigenvalue weighted by Crippen LogP contribution is 2.31. The third-order valence-electron chi connectivity index (χ3n) is 6.69. The molecule has 4 aromatic rings. The van der Waals surface area contributed by atoms with Crippen LogP contribution in [0, 0.1) is 13.8 Å². The Labute approximate surface area is 236 Å². The molecule has 1 unspecified atom stereocenters. The van der Waals surface area contributed by atoms with Gasteiger partial charge in [0.1, 0.15) is 6.54 Å². The minimum Gasteiger partial charge on any atom is -0.480 e. The number of hydrogen-bond acceptors (Lipinski definition) is 5. The molecule has 0 fully saturated rings. The Bertz CT molecular complexity index is 1630. The Balaban J connectivity index is 1.63. The molecule has 0 saturated heterocycles. The average molecular weight is 558 g/mol. The molecule has 4 rings (SSSR count). The third kappa shape index (κ3) is 6.65. The molecule has 0 aliphatic rings. The van der Waals surface area contributed by atoms with E-state index >= 15 is 0 Å². The van der Waals surface area contributed by atoms with Crippen molar-refractivity contribution >= 4 is 29.2 Å². The number of rotatable bonds is 9. The van der Waals surface area contributed by atoms with Crippen LogP contribution in [-0.4, -0.2) is 39.4 Å². The number of nitrogens with zero attached hydrogens (tertiary/aromatic N) is 1. The number of nitrogens with one attached hydrogen (secondary N) is 2. The molecule has 8 nitrogen and oxygen atoms in total. The van der Waals surface area contributed by atoms with Gasteiger partial charge in [0.05, 0.1) is 5.71 Å². The van der Waals surface area contributed by atoms with Gasteiger partial charge in [0.25, 0.3) is 11.5 Å². The molecule has 1 heterocycles. The Morgan fingerprint density at radius 2 is 1.55 bits per heavy atom. The molecule has 1 aromatic heterocycles. The van der Waals surface area contributed by atoms with Crippen molar-refractivity contribution in [2.45, 2.75) is 26.2 Å². The molecule has 0 aliphatic carbocycles. The standard InChI is InChI=1S/C31H28ClN3O5/c1-18-14-25(32)11-12-26(18)27(15-20-13-19(2)30(38)33-16-20)29(35-40)23-7-3-21(4-8-23)22-5-9-24(10-6-22)31(39)34-17-28(36)37/h3-14,16,27,40H,15,17H2,1-2H3,(H,33,38)(H,34,39)(H,36,37)/b35-29-. The SMILES string of the molecule is Cc1cc(Cl)ccc1C(Cc1c[nH]c(=O)c(C)c1)/C(=N\O)c1ccc(-c2ccc(C(=O)NCC(=O)O)cc2)cc1. The quantitative estimate of drug-likeness (QED) is 0.125.